The number of rotatable bonds is 7. The minimum Gasteiger partial charge on any atom is -0.382 e. The van der Waals surface area contributed by atoms with Gasteiger partial charge in [-0.05, 0) is 55.8 Å². The van der Waals surface area contributed by atoms with Gasteiger partial charge in [-0.3, -0.25) is 14.7 Å². The van der Waals surface area contributed by atoms with Crippen LogP contribution in [0.15, 0.2) is 48.8 Å². The smallest absolute Gasteiger partial charge is 0.242 e. The van der Waals surface area contributed by atoms with Crippen molar-refractivity contribution in [2.75, 3.05) is 31.5 Å². The molecular weight excluding hydrogens is 331 g/mol. The highest BCUT2D eigenvalue weighted by Crippen LogP contribution is 2.25. The molecule has 5 nitrogen and oxygen atoms in total. The number of pyridine rings is 1. The third-order valence-electron chi connectivity index (χ3n) is 4.60. The van der Waals surface area contributed by atoms with Gasteiger partial charge in [-0.25, -0.2) is 4.39 Å². The number of hydrogen-bond acceptors (Lipinski definition) is 4. The van der Waals surface area contributed by atoms with Crippen LogP contribution in [0, 0.1) is 5.82 Å². The molecule has 1 aliphatic heterocycles. The number of amides is 1. The number of nitrogens with one attached hydrogen (secondary N) is 2. The lowest BCUT2D eigenvalue weighted by atomic mass is 10.0. The van der Waals surface area contributed by atoms with Crippen LogP contribution in [-0.2, 0) is 4.79 Å². The first kappa shape index (κ1) is 18.3. The van der Waals surface area contributed by atoms with Gasteiger partial charge in [0.1, 0.15) is 11.9 Å². The minimum atomic E-state index is -0.366. The van der Waals surface area contributed by atoms with E-state index in [0.29, 0.717) is 13.1 Å². The van der Waals surface area contributed by atoms with Gasteiger partial charge in [0.25, 0.3) is 0 Å². The fraction of sp³-hybridized carbons (Fsp3) is 0.400. The molecule has 2 heterocycles. The molecule has 1 fully saturated rings. The van der Waals surface area contributed by atoms with Crippen LogP contribution in [0.5, 0.6) is 0 Å². The van der Waals surface area contributed by atoms with Crippen LogP contribution in [0.2, 0.25) is 0 Å². The Hall–Kier alpha value is -2.47. The number of piperidine rings is 1. The van der Waals surface area contributed by atoms with E-state index in [9.17, 15) is 9.18 Å². The van der Waals surface area contributed by atoms with Crippen molar-refractivity contribution in [3.63, 3.8) is 0 Å². The zero-order valence-corrected chi connectivity index (χ0v) is 14.8. The second-order valence-electron chi connectivity index (χ2n) is 6.51. The molecule has 1 aromatic heterocycles. The molecule has 0 aliphatic carbocycles. The zero-order valence-electron chi connectivity index (χ0n) is 14.8. The lowest BCUT2D eigenvalue weighted by Crippen LogP contribution is -2.44. The lowest BCUT2D eigenvalue weighted by molar-refractivity contribution is -0.127. The topological polar surface area (TPSA) is 57.3 Å². The third-order valence-corrected chi connectivity index (χ3v) is 4.60. The third kappa shape index (κ3) is 5.02. The van der Waals surface area contributed by atoms with Crippen LogP contribution in [0.25, 0.3) is 0 Å². The fourth-order valence-corrected chi connectivity index (χ4v) is 3.31. The summed E-state index contributed by atoms with van der Waals surface area (Å²) >= 11 is 0. The van der Waals surface area contributed by atoms with Crippen molar-refractivity contribution in [3.8, 4) is 0 Å². The molecule has 0 bridgehead atoms. The van der Waals surface area contributed by atoms with Crippen molar-refractivity contribution in [2.45, 2.75) is 25.3 Å². The fourth-order valence-electron chi connectivity index (χ4n) is 3.31. The van der Waals surface area contributed by atoms with E-state index >= 15 is 0 Å². The van der Waals surface area contributed by atoms with Gasteiger partial charge in [-0.2, -0.15) is 0 Å². The van der Waals surface area contributed by atoms with Crippen molar-refractivity contribution >= 4 is 11.6 Å². The highest BCUT2D eigenvalue weighted by molar-refractivity contribution is 5.83. The summed E-state index contributed by atoms with van der Waals surface area (Å²) in [6.45, 7) is 2.92. The predicted octanol–water partition coefficient (Wildman–Crippen LogP) is 2.98. The Bertz CT molecular complexity index is 687. The number of carbonyl (C=O) groups is 1. The average molecular weight is 356 g/mol. The Labute approximate surface area is 153 Å². The first-order valence-corrected chi connectivity index (χ1v) is 9.15. The summed E-state index contributed by atoms with van der Waals surface area (Å²) in [6, 6.07) is 9.69. The number of aromatic nitrogens is 1. The SMILES string of the molecule is O=C(NCCNc1cccnc1)C(c1ccc(F)cc1)N1CCCCC1. The van der Waals surface area contributed by atoms with Gasteiger partial charge >= 0.3 is 0 Å². The summed E-state index contributed by atoms with van der Waals surface area (Å²) in [6.07, 6.45) is 6.85. The number of halogens is 1. The molecule has 1 atom stereocenters. The molecule has 0 spiro atoms. The summed E-state index contributed by atoms with van der Waals surface area (Å²) in [5, 5.41) is 6.23. The van der Waals surface area contributed by atoms with Crippen LogP contribution >= 0.6 is 0 Å². The molecule has 1 aliphatic rings. The van der Waals surface area contributed by atoms with E-state index in [0.717, 1.165) is 37.2 Å². The van der Waals surface area contributed by atoms with Crippen molar-refractivity contribution in [1.82, 2.24) is 15.2 Å². The van der Waals surface area contributed by atoms with Crippen LogP contribution in [0.4, 0.5) is 10.1 Å². The Morgan fingerprint density at radius 2 is 1.88 bits per heavy atom. The predicted molar refractivity (Wildman–Crippen MR) is 100 cm³/mol. The maximum Gasteiger partial charge on any atom is 0.242 e. The highest BCUT2D eigenvalue weighted by atomic mass is 19.1. The highest BCUT2D eigenvalue weighted by Gasteiger charge is 2.28. The number of carbonyl (C=O) groups excluding carboxylic acids is 1. The van der Waals surface area contributed by atoms with Crippen molar-refractivity contribution < 1.29 is 9.18 Å². The number of hydrogen-bond donors (Lipinski definition) is 2. The molecule has 1 saturated heterocycles. The molecule has 0 saturated carbocycles. The molecule has 1 amide bonds. The van der Waals surface area contributed by atoms with Crippen LogP contribution in [-0.4, -0.2) is 42.0 Å². The first-order valence-electron chi connectivity index (χ1n) is 9.15. The average Bonchev–Trinajstić information content (AvgIpc) is 2.69. The van der Waals surface area contributed by atoms with E-state index in [1.54, 1.807) is 24.5 Å². The summed E-state index contributed by atoms with van der Waals surface area (Å²) in [4.78, 5) is 19.1. The maximum absolute atomic E-state index is 13.3. The first-order chi connectivity index (χ1) is 12.7. The summed E-state index contributed by atoms with van der Waals surface area (Å²) in [5.74, 6) is -0.321. The normalized spacial score (nSPS) is 16.0. The molecule has 6 heteroatoms. The van der Waals surface area contributed by atoms with Crippen molar-refractivity contribution in [3.05, 3.63) is 60.2 Å². The van der Waals surface area contributed by atoms with Crippen LogP contribution in [0.3, 0.4) is 0 Å². The quantitative estimate of drug-likeness (QED) is 0.749. The Morgan fingerprint density at radius 1 is 1.12 bits per heavy atom. The van der Waals surface area contributed by atoms with Gasteiger partial charge in [0.2, 0.25) is 5.91 Å². The molecule has 2 aromatic rings. The van der Waals surface area contributed by atoms with Crippen LogP contribution < -0.4 is 10.6 Å². The molecule has 1 unspecified atom stereocenters. The van der Waals surface area contributed by atoms with Gasteiger partial charge in [0, 0.05) is 25.5 Å². The Morgan fingerprint density at radius 3 is 2.58 bits per heavy atom. The molecule has 138 valence electrons. The maximum atomic E-state index is 13.3. The Kier molecular flexibility index (Phi) is 6.55. The molecule has 2 N–H and O–H groups in total. The van der Waals surface area contributed by atoms with Gasteiger partial charge in [-0.1, -0.05) is 18.6 Å². The number of anilines is 1. The number of nitrogens with zero attached hydrogens (tertiary/aromatic N) is 2. The number of likely N-dealkylation sites (tertiary alicyclic amines) is 1. The van der Waals surface area contributed by atoms with Crippen LogP contribution in [0.1, 0.15) is 30.9 Å². The van der Waals surface area contributed by atoms with Gasteiger partial charge < -0.3 is 10.6 Å². The molecule has 26 heavy (non-hydrogen) atoms. The summed E-state index contributed by atoms with van der Waals surface area (Å²) in [7, 11) is 0. The van der Waals surface area contributed by atoms with E-state index in [4.69, 9.17) is 0 Å². The van der Waals surface area contributed by atoms with Gasteiger partial charge in [0.05, 0.1) is 5.69 Å². The lowest BCUT2D eigenvalue weighted by Gasteiger charge is -2.34. The number of benzene rings is 1. The standard InChI is InChI=1S/C20H25FN4O/c21-17-8-6-16(7-9-17)19(25-13-2-1-3-14-25)20(26)24-12-11-23-18-5-4-10-22-15-18/h4-10,15,19,23H,1-3,11-14H2,(H,24,26). The largest absolute Gasteiger partial charge is 0.382 e. The summed E-state index contributed by atoms with van der Waals surface area (Å²) < 4.78 is 13.3. The molecule has 0 radical (unpaired) electrons. The minimum absolute atomic E-state index is 0.0357. The Balaban J connectivity index is 1.59. The van der Waals surface area contributed by atoms with E-state index in [-0.39, 0.29) is 17.8 Å². The summed E-state index contributed by atoms with van der Waals surface area (Å²) in [5.41, 5.74) is 1.76. The monoisotopic (exact) mass is 356 g/mol. The molecule has 3 rings (SSSR count). The van der Waals surface area contributed by atoms with Gasteiger partial charge in [-0.15, -0.1) is 0 Å². The van der Waals surface area contributed by atoms with Crippen molar-refractivity contribution in [1.29, 1.82) is 0 Å². The van der Waals surface area contributed by atoms with Gasteiger partial charge in [0.15, 0.2) is 0 Å². The molecule has 1 aromatic carbocycles. The van der Waals surface area contributed by atoms with E-state index in [1.165, 1.54) is 18.6 Å². The zero-order chi connectivity index (χ0) is 18.2. The second-order valence-corrected chi connectivity index (χ2v) is 6.51. The van der Waals surface area contributed by atoms with E-state index < -0.39 is 0 Å². The van der Waals surface area contributed by atoms with E-state index in [1.807, 2.05) is 12.1 Å². The molecular formula is C20H25FN4O. The van der Waals surface area contributed by atoms with Crippen molar-refractivity contribution in [2.24, 2.45) is 0 Å². The van der Waals surface area contributed by atoms with E-state index in [2.05, 4.69) is 20.5 Å². The second kappa shape index (κ2) is 9.29.